The number of nitrogens with one attached hydrogen (secondary N) is 1. The van der Waals surface area contributed by atoms with Crippen LogP contribution in [0.4, 0.5) is 4.79 Å². The first kappa shape index (κ1) is 22.9. The quantitative estimate of drug-likeness (QED) is 0.530. The molecular weight excluding hydrogens is 384 g/mol. The summed E-state index contributed by atoms with van der Waals surface area (Å²) in [6, 6.07) is 18.6. The summed E-state index contributed by atoms with van der Waals surface area (Å²) in [7, 11) is 0. The summed E-state index contributed by atoms with van der Waals surface area (Å²) in [6.07, 6.45) is -0.740. The maximum atomic E-state index is 12.5. The molecule has 30 heavy (non-hydrogen) atoms. The van der Waals surface area contributed by atoms with E-state index >= 15 is 0 Å². The summed E-state index contributed by atoms with van der Waals surface area (Å²) >= 11 is 0. The number of carbonyl (C=O) groups is 3. The maximum Gasteiger partial charge on any atom is 0.413 e. The molecule has 0 aliphatic carbocycles. The molecule has 2 aromatic rings. The average Bonchev–Trinajstić information content (AvgIpc) is 2.74. The van der Waals surface area contributed by atoms with Gasteiger partial charge in [0, 0.05) is 6.54 Å². The predicted octanol–water partition coefficient (Wildman–Crippen LogP) is 3.49. The van der Waals surface area contributed by atoms with E-state index in [0.717, 1.165) is 16.0 Å². The van der Waals surface area contributed by atoms with Crippen molar-refractivity contribution in [3.8, 4) is 0 Å². The fourth-order valence-electron chi connectivity index (χ4n) is 2.35. The summed E-state index contributed by atoms with van der Waals surface area (Å²) in [6.45, 7) is 4.84. The molecule has 0 atom stereocenters. The van der Waals surface area contributed by atoms with E-state index in [1.54, 1.807) is 20.8 Å². The Morgan fingerprint density at radius 1 is 0.867 bits per heavy atom. The lowest BCUT2D eigenvalue weighted by molar-refractivity contribution is -0.157. The predicted molar refractivity (Wildman–Crippen MR) is 112 cm³/mol. The molecule has 0 bridgehead atoms. The van der Waals surface area contributed by atoms with Gasteiger partial charge in [0.2, 0.25) is 5.91 Å². The molecule has 0 heterocycles. The van der Waals surface area contributed by atoms with Gasteiger partial charge in [0.25, 0.3) is 0 Å². The van der Waals surface area contributed by atoms with Gasteiger partial charge in [0.05, 0.1) is 5.41 Å². The smallest absolute Gasteiger partial charge is 0.413 e. The van der Waals surface area contributed by atoms with Crippen LogP contribution in [0.2, 0.25) is 0 Å². The second-order valence-electron chi connectivity index (χ2n) is 7.81. The summed E-state index contributed by atoms with van der Waals surface area (Å²) in [4.78, 5) is 38.0. The van der Waals surface area contributed by atoms with Gasteiger partial charge < -0.3 is 14.8 Å². The molecule has 1 N–H and O–H groups in total. The van der Waals surface area contributed by atoms with Crippen molar-refractivity contribution < 1.29 is 23.9 Å². The number of hydrogen-bond acceptors (Lipinski definition) is 5. The Labute approximate surface area is 177 Å². The van der Waals surface area contributed by atoms with E-state index < -0.39 is 17.5 Å². The molecule has 0 saturated heterocycles. The molecule has 2 rings (SSSR count). The minimum Gasteiger partial charge on any atom is -0.444 e. The Morgan fingerprint density at radius 3 is 2.00 bits per heavy atom. The normalized spacial score (nSPS) is 10.8. The van der Waals surface area contributed by atoms with Gasteiger partial charge in [-0.2, -0.15) is 0 Å². The van der Waals surface area contributed by atoms with Crippen LogP contribution in [-0.2, 0) is 32.2 Å². The largest absolute Gasteiger partial charge is 0.444 e. The molecule has 160 valence electrons. The van der Waals surface area contributed by atoms with Crippen molar-refractivity contribution in [1.29, 1.82) is 0 Å². The van der Waals surface area contributed by atoms with E-state index in [4.69, 9.17) is 9.47 Å². The van der Waals surface area contributed by atoms with Crippen LogP contribution in [0.15, 0.2) is 60.7 Å². The van der Waals surface area contributed by atoms with Gasteiger partial charge >= 0.3 is 12.1 Å². The Bertz CT molecular complexity index is 832. The lowest BCUT2D eigenvalue weighted by atomic mass is 9.98. The van der Waals surface area contributed by atoms with Gasteiger partial charge in [-0.05, 0) is 31.9 Å². The molecule has 2 amide bonds. The summed E-state index contributed by atoms with van der Waals surface area (Å²) in [5.41, 5.74) is 1.02. The number of hydrogen-bond donors (Lipinski definition) is 1. The summed E-state index contributed by atoms with van der Waals surface area (Å²) in [5.74, 6) is -0.865. The summed E-state index contributed by atoms with van der Waals surface area (Å²) in [5, 5.41) is 2.75. The van der Waals surface area contributed by atoms with E-state index in [1.807, 2.05) is 60.7 Å². The fraction of sp³-hybridized carbons (Fsp3) is 0.348. The van der Waals surface area contributed by atoms with E-state index in [9.17, 15) is 14.4 Å². The first-order valence-corrected chi connectivity index (χ1v) is 9.69. The van der Waals surface area contributed by atoms with Gasteiger partial charge in [-0.15, -0.1) is 0 Å². The fourth-order valence-corrected chi connectivity index (χ4v) is 2.35. The van der Waals surface area contributed by atoms with Crippen LogP contribution in [0.25, 0.3) is 0 Å². The topological polar surface area (TPSA) is 84.9 Å². The van der Waals surface area contributed by atoms with Crippen molar-refractivity contribution >= 4 is 18.0 Å². The molecule has 7 nitrogen and oxygen atoms in total. The molecule has 7 heteroatoms. The van der Waals surface area contributed by atoms with Crippen molar-refractivity contribution in [2.24, 2.45) is 5.41 Å². The summed E-state index contributed by atoms with van der Waals surface area (Å²) < 4.78 is 10.5. The Balaban J connectivity index is 1.95. The monoisotopic (exact) mass is 412 g/mol. The third-order valence-corrected chi connectivity index (χ3v) is 4.09. The van der Waals surface area contributed by atoms with Gasteiger partial charge in [0.1, 0.15) is 13.2 Å². The highest BCUT2D eigenvalue weighted by Gasteiger charge is 2.26. The Hall–Kier alpha value is -3.35. The number of amides is 2. The van der Waals surface area contributed by atoms with Crippen molar-refractivity contribution in [2.45, 2.75) is 33.9 Å². The molecule has 0 aromatic heterocycles. The molecular formula is C23H28N2O5. The van der Waals surface area contributed by atoms with Crippen LogP contribution in [-0.4, -0.2) is 36.1 Å². The molecule has 0 aliphatic rings. The number of benzene rings is 2. The number of carbonyl (C=O) groups excluding carboxylic acids is 3. The molecule has 0 aliphatic heterocycles. The number of ether oxygens (including phenoxy) is 2. The lowest BCUT2D eigenvalue weighted by Crippen LogP contribution is -2.43. The highest BCUT2D eigenvalue weighted by Crippen LogP contribution is 2.15. The van der Waals surface area contributed by atoms with Crippen molar-refractivity contribution in [3.63, 3.8) is 0 Å². The second-order valence-corrected chi connectivity index (χ2v) is 7.81. The van der Waals surface area contributed by atoms with Crippen LogP contribution < -0.4 is 5.32 Å². The van der Waals surface area contributed by atoms with Gasteiger partial charge in [-0.3, -0.25) is 14.5 Å². The molecule has 0 spiro atoms. The molecule has 0 saturated carbocycles. The zero-order valence-electron chi connectivity index (χ0n) is 17.6. The van der Waals surface area contributed by atoms with Crippen molar-refractivity contribution in [3.05, 3.63) is 71.8 Å². The molecule has 0 unspecified atom stereocenters. The average molecular weight is 412 g/mol. The third-order valence-electron chi connectivity index (χ3n) is 4.09. The number of rotatable bonds is 8. The van der Waals surface area contributed by atoms with Gasteiger partial charge in [-0.1, -0.05) is 60.7 Å². The third kappa shape index (κ3) is 7.95. The van der Waals surface area contributed by atoms with Crippen LogP contribution in [0.5, 0.6) is 0 Å². The first-order chi connectivity index (χ1) is 14.3. The standard InChI is InChI=1S/C23H28N2O5/c1-23(2,3)21(27)30-17-25(22(28)29-16-19-12-8-5-9-13-19)15-20(26)24-14-18-10-6-4-7-11-18/h4-13H,14-17H2,1-3H3,(H,24,26). The number of esters is 1. The second kappa shape index (κ2) is 11.0. The minimum absolute atomic E-state index is 0.0506. The Morgan fingerprint density at radius 2 is 1.43 bits per heavy atom. The van der Waals surface area contributed by atoms with E-state index in [0.29, 0.717) is 6.54 Å². The molecule has 0 fully saturated rings. The van der Waals surface area contributed by atoms with Crippen LogP contribution >= 0.6 is 0 Å². The van der Waals surface area contributed by atoms with Gasteiger partial charge in [-0.25, -0.2) is 4.79 Å². The zero-order chi connectivity index (χ0) is 22.0. The van der Waals surface area contributed by atoms with Crippen molar-refractivity contribution in [2.75, 3.05) is 13.3 Å². The van der Waals surface area contributed by atoms with E-state index in [1.165, 1.54) is 0 Å². The van der Waals surface area contributed by atoms with Crippen LogP contribution in [0.3, 0.4) is 0 Å². The highest BCUT2D eigenvalue weighted by atomic mass is 16.6. The van der Waals surface area contributed by atoms with Crippen molar-refractivity contribution in [1.82, 2.24) is 10.2 Å². The molecule has 2 aromatic carbocycles. The first-order valence-electron chi connectivity index (χ1n) is 9.69. The molecule has 0 radical (unpaired) electrons. The lowest BCUT2D eigenvalue weighted by Gasteiger charge is -2.24. The highest BCUT2D eigenvalue weighted by molar-refractivity contribution is 5.82. The van der Waals surface area contributed by atoms with Crippen LogP contribution in [0, 0.1) is 5.41 Å². The Kier molecular flexibility index (Phi) is 8.41. The van der Waals surface area contributed by atoms with Gasteiger partial charge in [0.15, 0.2) is 6.73 Å². The van der Waals surface area contributed by atoms with E-state index in [2.05, 4.69) is 5.32 Å². The van der Waals surface area contributed by atoms with Crippen LogP contribution in [0.1, 0.15) is 31.9 Å². The number of nitrogens with zero attached hydrogens (tertiary/aromatic N) is 1. The zero-order valence-corrected chi connectivity index (χ0v) is 17.6. The van der Waals surface area contributed by atoms with E-state index in [-0.39, 0.29) is 25.8 Å². The maximum absolute atomic E-state index is 12.5. The SMILES string of the molecule is CC(C)(C)C(=O)OCN(CC(=O)NCc1ccccc1)C(=O)OCc1ccccc1. The minimum atomic E-state index is -0.740.